The number of hydrogen-bond acceptors (Lipinski definition) is 4. The largest absolute Gasteiger partial charge is 0.399 e. The van der Waals surface area contributed by atoms with Crippen LogP contribution in [0.25, 0.3) is 0 Å². The van der Waals surface area contributed by atoms with Crippen LogP contribution in [-0.4, -0.2) is 33.8 Å². The number of nitrogens with zero attached hydrogens (tertiary/aromatic N) is 1. The second kappa shape index (κ2) is 3.86. The number of piperidine rings is 1. The molecule has 1 aromatic rings. The number of anilines is 2. The highest BCUT2D eigenvalue weighted by atomic mass is 32.2. The summed E-state index contributed by atoms with van der Waals surface area (Å²) in [5, 5.41) is 3.33. The van der Waals surface area contributed by atoms with Crippen molar-refractivity contribution >= 4 is 21.4 Å². The number of nitrogens with two attached hydrogens (primary N) is 1. The van der Waals surface area contributed by atoms with Gasteiger partial charge in [-0.15, -0.1) is 0 Å². The minimum atomic E-state index is -3.23. The fraction of sp³-hybridized carbons (Fsp3) is 0.500. The number of nitrogen functional groups attached to an aromatic ring is 1. The van der Waals surface area contributed by atoms with Crippen LogP contribution in [0.1, 0.15) is 17.9 Å². The Kier molecular flexibility index (Phi) is 2.53. The van der Waals surface area contributed by atoms with Gasteiger partial charge < -0.3 is 11.1 Å². The van der Waals surface area contributed by atoms with E-state index in [4.69, 9.17) is 5.73 Å². The van der Waals surface area contributed by atoms with Gasteiger partial charge in [0.25, 0.3) is 0 Å². The smallest absolute Gasteiger partial charge is 0.232 e. The van der Waals surface area contributed by atoms with Crippen LogP contribution in [0.2, 0.25) is 0 Å². The average Bonchev–Trinajstić information content (AvgIpc) is 2.62. The van der Waals surface area contributed by atoms with E-state index in [0.717, 1.165) is 30.8 Å². The molecular formula is C12H17N3O2S. The fourth-order valence-electron chi connectivity index (χ4n) is 3.12. The number of rotatable bonds is 1. The number of sulfonamides is 1. The third-order valence-electron chi connectivity index (χ3n) is 3.79. The van der Waals surface area contributed by atoms with Crippen LogP contribution in [-0.2, 0) is 10.0 Å². The molecule has 0 saturated carbocycles. The summed E-state index contributed by atoms with van der Waals surface area (Å²) in [5.74, 6) is 0.215. The van der Waals surface area contributed by atoms with E-state index in [1.165, 1.54) is 6.26 Å². The van der Waals surface area contributed by atoms with E-state index in [1.54, 1.807) is 10.4 Å². The highest BCUT2D eigenvalue weighted by molar-refractivity contribution is 7.92. The van der Waals surface area contributed by atoms with Crippen molar-refractivity contribution in [2.45, 2.75) is 18.4 Å². The molecule has 0 aliphatic carbocycles. The quantitative estimate of drug-likeness (QED) is 0.726. The average molecular weight is 267 g/mol. The van der Waals surface area contributed by atoms with Gasteiger partial charge in [0.05, 0.1) is 18.0 Å². The molecule has 0 aromatic heterocycles. The van der Waals surface area contributed by atoms with Crippen LogP contribution in [0.5, 0.6) is 0 Å². The lowest BCUT2D eigenvalue weighted by Gasteiger charge is -2.32. The Bertz CT molecular complexity index is 585. The zero-order valence-corrected chi connectivity index (χ0v) is 11.1. The molecule has 3 N–H and O–H groups in total. The maximum atomic E-state index is 12.0. The first-order valence-electron chi connectivity index (χ1n) is 6.08. The van der Waals surface area contributed by atoms with Gasteiger partial charge in [0.15, 0.2) is 0 Å². The first kappa shape index (κ1) is 11.8. The van der Waals surface area contributed by atoms with Crippen molar-refractivity contribution in [2.24, 2.45) is 0 Å². The predicted molar refractivity (Wildman–Crippen MR) is 72.2 cm³/mol. The van der Waals surface area contributed by atoms with Gasteiger partial charge in [-0.2, -0.15) is 0 Å². The van der Waals surface area contributed by atoms with Gasteiger partial charge in [-0.25, -0.2) is 8.42 Å². The highest BCUT2D eigenvalue weighted by Crippen LogP contribution is 2.45. The molecule has 2 unspecified atom stereocenters. The third-order valence-corrected chi connectivity index (χ3v) is 4.97. The summed E-state index contributed by atoms with van der Waals surface area (Å²) in [6.45, 7) is 1.67. The minimum Gasteiger partial charge on any atom is -0.399 e. The summed E-state index contributed by atoms with van der Waals surface area (Å²) in [6.07, 6.45) is 2.11. The molecule has 2 aliphatic rings. The van der Waals surface area contributed by atoms with E-state index in [0.29, 0.717) is 5.69 Å². The Balaban J connectivity index is 2.17. The highest BCUT2D eigenvalue weighted by Gasteiger charge is 2.43. The van der Waals surface area contributed by atoms with E-state index in [9.17, 15) is 8.42 Å². The predicted octanol–water partition coefficient (Wildman–Crippen LogP) is 0.494. The molecule has 5 nitrogen and oxygen atoms in total. The molecule has 98 valence electrons. The van der Waals surface area contributed by atoms with Crippen LogP contribution in [0.4, 0.5) is 11.4 Å². The Hall–Kier alpha value is -1.27. The van der Waals surface area contributed by atoms with E-state index in [2.05, 4.69) is 5.32 Å². The molecule has 1 aromatic carbocycles. The van der Waals surface area contributed by atoms with Crippen LogP contribution in [0.15, 0.2) is 18.2 Å². The Morgan fingerprint density at radius 1 is 1.44 bits per heavy atom. The van der Waals surface area contributed by atoms with Crippen molar-refractivity contribution in [1.82, 2.24) is 5.32 Å². The number of fused-ring (bicyclic) bond motifs is 3. The summed E-state index contributed by atoms with van der Waals surface area (Å²) in [7, 11) is -3.23. The molecule has 2 atom stereocenters. The van der Waals surface area contributed by atoms with Crippen LogP contribution < -0.4 is 15.4 Å². The molecule has 1 fully saturated rings. The molecule has 3 rings (SSSR count). The summed E-state index contributed by atoms with van der Waals surface area (Å²) >= 11 is 0. The molecule has 0 spiro atoms. The number of hydrogen-bond donors (Lipinski definition) is 2. The maximum Gasteiger partial charge on any atom is 0.232 e. The zero-order valence-electron chi connectivity index (χ0n) is 10.3. The van der Waals surface area contributed by atoms with Gasteiger partial charge in [0.2, 0.25) is 10.0 Å². The van der Waals surface area contributed by atoms with Crippen LogP contribution >= 0.6 is 0 Å². The summed E-state index contributed by atoms with van der Waals surface area (Å²) in [6, 6.07) is 5.54. The van der Waals surface area contributed by atoms with Crippen molar-refractivity contribution in [1.29, 1.82) is 0 Å². The summed E-state index contributed by atoms with van der Waals surface area (Å²) in [4.78, 5) is 0. The number of nitrogens with one attached hydrogen (secondary N) is 1. The van der Waals surface area contributed by atoms with E-state index in [1.807, 2.05) is 12.1 Å². The second-order valence-corrected chi connectivity index (χ2v) is 6.90. The van der Waals surface area contributed by atoms with Crippen molar-refractivity contribution < 1.29 is 8.42 Å². The Morgan fingerprint density at radius 3 is 2.94 bits per heavy atom. The standard InChI is InChI=1S/C12H17N3O2S/c1-18(16,17)15-11-3-2-8(13)6-9(11)10-7-14-5-4-12(10)15/h2-3,6,10,12,14H,4-5,7,13H2,1H3. The van der Waals surface area contributed by atoms with Crippen LogP contribution in [0, 0.1) is 0 Å². The van der Waals surface area contributed by atoms with Gasteiger partial charge in [0.1, 0.15) is 0 Å². The summed E-state index contributed by atoms with van der Waals surface area (Å²) in [5.41, 5.74) is 8.36. The number of benzene rings is 1. The minimum absolute atomic E-state index is 0.0399. The molecule has 1 saturated heterocycles. The first-order chi connectivity index (χ1) is 8.48. The van der Waals surface area contributed by atoms with Gasteiger partial charge in [0, 0.05) is 18.2 Å². The van der Waals surface area contributed by atoms with E-state index in [-0.39, 0.29) is 12.0 Å². The van der Waals surface area contributed by atoms with Crippen molar-refractivity contribution in [3.05, 3.63) is 23.8 Å². The lowest BCUT2D eigenvalue weighted by molar-refractivity contribution is 0.422. The van der Waals surface area contributed by atoms with Crippen molar-refractivity contribution in [2.75, 3.05) is 29.4 Å². The zero-order chi connectivity index (χ0) is 12.9. The van der Waals surface area contributed by atoms with Crippen LogP contribution in [0.3, 0.4) is 0 Å². The van der Waals surface area contributed by atoms with Gasteiger partial charge in [-0.1, -0.05) is 0 Å². The van der Waals surface area contributed by atoms with Crippen molar-refractivity contribution in [3.8, 4) is 0 Å². The monoisotopic (exact) mass is 267 g/mol. The second-order valence-electron chi connectivity index (χ2n) is 5.04. The maximum absolute atomic E-state index is 12.0. The lowest BCUT2D eigenvalue weighted by Crippen LogP contribution is -2.46. The molecule has 0 amide bonds. The molecular weight excluding hydrogens is 250 g/mol. The molecule has 18 heavy (non-hydrogen) atoms. The van der Waals surface area contributed by atoms with E-state index >= 15 is 0 Å². The topological polar surface area (TPSA) is 75.4 Å². The third kappa shape index (κ3) is 1.67. The van der Waals surface area contributed by atoms with Crippen molar-refractivity contribution in [3.63, 3.8) is 0 Å². The molecule has 0 radical (unpaired) electrons. The fourth-order valence-corrected chi connectivity index (χ4v) is 4.38. The Labute approximate surface area is 107 Å². The van der Waals surface area contributed by atoms with E-state index < -0.39 is 10.0 Å². The Morgan fingerprint density at radius 2 is 2.22 bits per heavy atom. The SMILES string of the molecule is CS(=O)(=O)N1c2ccc(N)cc2C2CNCCC21. The molecule has 2 heterocycles. The lowest BCUT2D eigenvalue weighted by atomic mass is 9.90. The summed E-state index contributed by atoms with van der Waals surface area (Å²) < 4.78 is 25.6. The van der Waals surface area contributed by atoms with Gasteiger partial charge in [-0.05, 0) is 36.7 Å². The molecule has 0 bridgehead atoms. The molecule has 6 heteroatoms. The molecule has 2 aliphatic heterocycles. The van der Waals surface area contributed by atoms with Gasteiger partial charge in [-0.3, -0.25) is 4.31 Å². The first-order valence-corrected chi connectivity index (χ1v) is 7.93. The normalized spacial score (nSPS) is 26.8. The van der Waals surface area contributed by atoms with Gasteiger partial charge >= 0.3 is 0 Å².